The molecule has 0 unspecified atom stereocenters. The van der Waals surface area contributed by atoms with Crippen molar-refractivity contribution in [3.05, 3.63) is 22.0 Å². The van der Waals surface area contributed by atoms with Gasteiger partial charge in [-0.25, -0.2) is 4.98 Å². The molecule has 0 saturated carbocycles. The molecular weight excluding hydrogens is 220 g/mol. The van der Waals surface area contributed by atoms with Crippen LogP contribution in [0.15, 0.2) is 0 Å². The molecule has 1 heterocycles. The van der Waals surface area contributed by atoms with Gasteiger partial charge in [0.05, 0.1) is 5.69 Å². The fraction of sp³-hybridized carbons (Fsp3) is 0.615. The molecule has 0 atom stereocenters. The molecule has 16 heavy (non-hydrogen) atoms. The first-order valence-corrected chi connectivity index (χ1v) is 6.36. The SMILES string of the molecule is CCCCCCc1c(C)nc(Cl)c(N)c1C. The molecule has 90 valence electrons. The molecule has 0 spiro atoms. The van der Waals surface area contributed by atoms with Crippen molar-refractivity contribution in [2.75, 3.05) is 5.73 Å². The van der Waals surface area contributed by atoms with Gasteiger partial charge < -0.3 is 5.73 Å². The van der Waals surface area contributed by atoms with Gasteiger partial charge in [0.1, 0.15) is 0 Å². The number of pyridine rings is 1. The van der Waals surface area contributed by atoms with Gasteiger partial charge in [-0.2, -0.15) is 0 Å². The number of halogens is 1. The number of aryl methyl sites for hydroxylation is 1. The van der Waals surface area contributed by atoms with Crippen molar-refractivity contribution in [3.63, 3.8) is 0 Å². The van der Waals surface area contributed by atoms with E-state index in [9.17, 15) is 0 Å². The van der Waals surface area contributed by atoms with E-state index in [2.05, 4.69) is 11.9 Å². The van der Waals surface area contributed by atoms with E-state index in [0.29, 0.717) is 10.8 Å². The molecule has 1 aromatic heterocycles. The number of anilines is 1. The number of unbranched alkanes of at least 4 members (excludes halogenated alkanes) is 3. The second-order valence-electron chi connectivity index (χ2n) is 4.32. The fourth-order valence-corrected chi connectivity index (χ4v) is 2.23. The third-order valence-corrected chi connectivity index (χ3v) is 3.35. The van der Waals surface area contributed by atoms with Crippen LogP contribution in [0.5, 0.6) is 0 Å². The summed E-state index contributed by atoms with van der Waals surface area (Å²) in [6, 6.07) is 0. The molecule has 0 saturated heterocycles. The summed E-state index contributed by atoms with van der Waals surface area (Å²) >= 11 is 5.94. The molecule has 0 aromatic carbocycles. The van der Waals surface area contributed by atoms with Crippen LogP contribution in [0.25, 0.3) is 0 Å². The zero-order chi connectivity index (χ0) is 12.1. The topological polar surface area (TPSA) is 38.9 Å². The van der Waals surface area contributed by atoms with Crippen LogP contribution in [-0.4, -0.2) is 4.98 Å². The summed E-state index contributed by atoms with van der Waals surface area (Å²) in [6.45, 7) is 6.26. The minimum atomic E-state index is 0.437. The molecule has 0 amide bonds. The maximum absolute atomic E-state index is 5.94. The molecule has 0 bridgehead atoms. The molecule has 0 aliphatic carbocycles. The normalized spacial score (nSPS) is 10.8. The molecule has 1 rings (SSSR count). The van der Waals surface area contributed by atoms with Crippen LogP contribution < -0.4 is 5.73 Å². The smallest absolute Gasteiger partial charge is 0.152 e. The first kappa shape index (κ1) is 13.3. The van der Waals surface area contributed by atoms with Crippen molar-refractivity contribution in [1.82, 2.24) is 4.98 Å². The van der Waals surface area contributed by atoms with Crippen molar-refractivity contribution in [3.8, 4) is 0 Å². The predicted octanol–water partition coefficient (Wildman–Crippen LogP) is 4.06. The Bertz CT molecular complexity index is 361. The molecule has 2 N–H and O–H groups in total. The Balaban J connectivity index is 2.76. The number of nitrogens with zero attached hydrogens (tertiary/aromatic N) is 1. The Morgan fingerprint density at radius 3 is 2.50 bits per heavy atom. The number of aromatic nitrogens is 1. The van der Waals surface area contributed by atoms with Gasteiger partial charge in [0, 0.05) is 5.69 Å². The quantitative estimate of drug-likeness (QED) is 0.623. The third kappa shape index (κ3) is 3.11. The van der Waals surface area contributed by atoms with Crippen LogP contribution in [0.4, 0.5) is 5.69 Å². The van der Waals surface area contributed by atoms with E-state index in [0.717, 1.165) is 17.7 Å². The maximum Gasteiger partial charge on any atom is 0.152 e. The predicted molar refractivity (Wildman–Crippen MR) is 71.0 cm³/mol. The van der Waals surface area contributed by atoms with Gasteiger partial charge in [0.2, 0.25) is 0 Å². The lowest BCUT2D eigenvalue weighted by atomic mass is 10.00. The van der Waals surface area contributed by atoms with Crippen molar-refractivity contribution in [1.29, 1.82) is 0 Å². The maximum atomic E-state index is 5.94. The number of hydrogen-bond acceptors (Lipinski definition) is 2. The van der Waals surface area contributed by atoms with E-state index in [1.54, 1.807) is 0 Å². The highest BCUT2D eigenvalue weighted by atomic mass is 35.5. The number of hydrogen-bond donors (Lipinski definition) is 1. The Morgan fingerprint density at radius 2 is 1.88 bits per heavy atom. The summed E-state index contributed by atoms with van der Waals surface area (Å²) in [4.78, 5) is 4.27. The van der Waals surface area contributed by atoms with Gasteiger partial charge in [0.25, 0.3) is 0 Å². The summed E-state index contributed by atoms with van der Waals surface area (Å²) in [5.41, 5.74) is 9.93. The van der Waals surface area contributed by atoms with Crippen LogP contribution in [0.1, 0.15) is 49.4 Å². The molecular formula is C13H21ClN2. The Kier molecular flexibility index (Phi) is 5.07. The van der Waals surface area contributed by atoms with E-state index in [4.69, 9.17) is 17.3 Å². The van der Waals surface area contributed by atoms with Crippen molar-refractivity contribution in [2.24, 2.45) is 0 Å². The molecule has 1 aromatic rings. The highest BCUT2D eigenvalue weighted by Gasteiger charge is 2.10. The van der Waals surface area contributed by atoms with Crippen LogP contribution in [0.3, 0.4) is 0 Å². The Hall–Kier alpha value is -0.760. The number of rotatable bonds is 5. The largest absolute Gasteiger partial charge is 0.396 e. The first-order chi connectivity index (χ1) is 7.57. The molecule has 0 aliphatic rings. The zero-order valence-electron chi connectivity index (χ0n) is 10.4. The lowest BCUT2D eigenvalue weighted by molar-refractivity contribution is 0.663. The lowest BCUT2D eigenvalue weighted by Crippen LogP contribution is -2.03. The van der Waals surface area contributed by atoms with Gasteiger partial charge in [-0.15, -0.1) is 0 Å². The van der Waals surface area contributed by atoms with Crippen LogP contribution >= 0.6 is 11.6 Å². The molecule has 0 aliphatic heterocycles. The summed E-state index contributed by atoms with van der Waals surface area (Å²) in [5.74, 6) is 0. The molecule has 2 nitrogen and oxygen atoms in total. The lowest BCUT2D eigenvalue weighted by Gasteiger charge is -2.12. The van der Waals surface area contributed by atoms with Crippen molar-refractivity contribution >= 4 is 17.3 Å². The average Bonchev–Trinajstić information content (AvgIpc) is 2.25. The summed E-state index contributed by atoms with van der Waals surface area (Å²) < 4.78 is 0. The zero-order valence-corrected chi connectivity index (χ0v) is 11.2. The van der Waals surface area contributed by atoms with E-state index >= 15 is 0 Å². The fourth-order valence-electron chi connectivity index (χ4n) is 1.96. The summed E-state index contributed by atoms with van der Waals surface area (Å²) in [7, 11) is 0. The van der Waals surface area contributed by atoms with Crippen LogP contribution in [0, 0.1) is 13.8 Å². The number of nitrogens with two attached hydrogens (primary N) is 1. The standard InChI is InChI=1S/C13H21ClN2/c1-4-5-6-7-8-11-9(2)12(15)13(14)16-10(11)3/h4-8,15H2,1-3H3. The Morgan fingerprint density at radius 1 is 1.19 bits per heavy atom. The van der Waals surface area contributed by atoms with Gasteiger partial charge >= 0.3 is 0 Å². The Labute approximate surface area is 103 Å². The van der Waals surface area contributed by atoms with E-state index in [-0.39, 0.29) is 0 Å². The minimum Gasteiger partial charge on any atom is -0.396 e. The molecule has 3 heteroatoms. The minimum absolute atomic E-state index is 0.437. The monoisotopic (exact) mass is 240 g/mol. The second-order valence-corrected chi connectivity index (χ2v) is 4.67. The van der Waals surface area contributed by atoms with Gasteiger partial charge in [0.15, 0.2) is 5.15 Å². The van der Waals surface area contributed by atoms with Crippen molar-refractivity contribution < 1.29 is 0 Å². The van der Waals surface area contributed by atoms with Crippen LogP contribution in [-0.2, 0) is 6.42 Å². The first-order valence-electron chi connectivity index (χ1n) is 5.99. The van der Waals surface area contributed by atoms with Gasteiger partial charge in [-0.3, -0.25) is 0 Å². The molecule has 0 radical (unpaired) electrons. The summed E-state index contributed by atoms with van der Waals surface area (Å²) in [5, 5.41) is 0.437. The average molecular weight is 241 g/mol. The van der Waals surface area contributed by atoms with E-state index in [1.807, 2.05) is 13.8 Å². The van der Waals surface area contributed by atoms with Gasteiger partial charge in [-0.1, -0.05) is 37.8 Å². The van der Waals surface area contributed by atoms with Crippen molar-refractivity contribution in [2.45, 2.75) is 52.9 Å². The van der Waals surface area contributed by atoms with E-state index in [1.165, 1.54) is 31.2 Å². The van der Waals surface area contributed by atoms with E-state index < -0.39 is 0 Å². The van der Waals surface area contributed by atoms with Crippen LogP contribution in [0.2, 0.25) is 5.15 Å². The second kappa shape index (κ2) is 6.09. The summed E-state index contributed by atoms with van der Waals surface area (Å²) in [6.07, 6.45) is 6.11. The highest BCUT2D eigenvalue weighted by Crippen LogP contribution is 2.26. The third-order valence-electron chi connectivity index (χ3n) is 3.06. The number of nitrogen functional groups attached to an aromatic ring is 1. The van der Waals surface area contributed by atoms with Gasteiger partial charge in [-0.05, 0) is 37.8 Å². The molecule has 0 fully saturated rings. The highest BCUT2D eigenvalue weighted by molar-refractivity contribution is 6.32.